The zero-order valence-electron chi connectivity index (χ0n) is 12.3. The van der Waals surface area contributed by atoms with Gasteiger partial charge in [-0.1, -0.05) is 18.2 Å². The summed E-state index contributed by atoms with van der Waals surface area (Å²) in [5, 5.41) is 18.5. The Labute approximate surface area is 131 Å². The van der Waals surface area contributed by atoms with Crippen molar-refractivity contribution in [3.63, 3.8) is 0 Å². The third kappa shape index (κ3) is 2.78. The number of fused-ring (bicyclic) bond motifs is 1. The van der Waals surface area contributed by atoms with E-state index in [0.29, 0.717) is 18.4 Å². The molecule has 1 heterocycles. The van der Waals surface area contributed by atoms with Gasteiger partial charge in [-0.15, -0.1) is 13.2 Å². The zero-order valence-corrected chi connectivity index (χ0v) is 12.3. The molecular formula is C17H15NO5. The molecule has 0 fully saturated rings. The second-order valence-electron chi connectivity index (χ2n) is 4.93. The Hall–Kier alpha value is -3.15. The Kier molecular flexibility index (Phi) is 4.45. The smallest absolute Gasteiger partial charge is 0.353 e. The fourth-order valence-electron chi connectivity index (χ4n) is 2.58. The van der Waals surface area contributed by atoms with E-state index in [4.69, 9.17) is 5.11 Å². The van der Waals surface area contributed by atoms with Gasteiger partial charge in [-0.25, -0.2) is 9.59 Å². The highest BCUT2D eigenvalue weighted by molar-refractivity contribution is 6.04. The van der Waals surface area contributed by atoms with Crippen LogP contribution in [0.3, 0.4) is 0 Å². The average molecular weight is 313 g/mol. The Morgan fingerprint density at radius 1 is 1.09 bits per heavy atom. The molecule has 23 heavy (non-hydrogen) atoms. The van der Waals surface area contributed by atoms with E-state index in [2.05, 4.69) is 18.1 Å². The number of pyridine rings is 1. The standard InChI is InChI=1S/C17H15NO5/c1-3-5-9-7-8-11-12(10(9)6-4-2)15(19)13(16(20)21)14(18-11)17(22)23/h3-4,7-8H,1-2,5-6H2,(H,18,19)(H,20,21)(H,22,23). The van der Waals surface area contributed by atoms with Crippen molar-refractivity contribution in [3.05, 3.63) is 70.1 Å². The number of H-pyrrole nitrogens is 1. The first kappa shape index (κ1) is 16.2. The number of aromatic carboxylic acids is 2. The molecular weight excluding hydrogens is 298 g/mol. The maximum atomic E-state index is 12.6. The van der Waals surface area contributed by atoms with E-state index in [1.807, 2.05) is 0 Å². The first-order chi connectivity index (χ1) is 10.9. The first-order valence-electron chi connectivity index (χ1n) is 6.81. The third-order valence-corrected chi connectivity index (χ3v) is 3.51. The number of rotatable bonds is 6. The molecule has 6 heteroatoms. The highest BCUT2D eigenvalue weighted by Crippen LogP contribution is 2.22. The lowest BCUT2D eigenvalue weighted by Gasteiger charge is -2.12. The Morgan fingerprint density at radius 2 is 1.74 bits per heavy atom. The summed E-state index contributed by atoms with van der Waals surface area (Å²) in [5.74, 6) is -3.08. The van der Waals surface area contributed by atoms with E-state index in [1.54, 1.807) is 24.3 Å². The van der Waals surface area contributed by atoms with Crippen molar-refractivity contribution in [1.82, 2.24) is 4.98 Å². The van der Waals surface area contributed by atoms with Crippen LogP contribution in [0.25, 0.3) is 10.9 Å². The van der Waals surface area contributed by atoms with Gasteiger partial charge in [0.25, 0.3) is 0 Å². The van der Waals surface area contributed by atoms with Gasteiger partial charge < -0.3 is 15.2 Å². The highest BCUT2D eigenvalue weighted by atomic mass is 16.4. The molecule has 1 aromatic carbocycles. The van der Waals surface area contributed by atoms with E-state index in [-0.39, 0.29) is 10.9 Å². The van der Waals surface area contributed by atoms with Crippen LogP contribution >= 0.6 is 0 Å². The molecule has 2 rings (SSSR count). The fourth-order valence-corrected chi connectivity index (χ4v) is 2.58. The molecule has 6 nitrogen and oxygen atoms in total. The lowest BCUT2D eigenvalue weighted by Crippen LogP contribution is -2.23. The van der Waals surface area contributed by atoms with E-state index >= 15 is 0 Å². The molecule has 0 atom stereocenters. The summed E-state index contributed by atoms with van der Waals surface area (Å²) in [6.45, 7) is 7.31. The van der Waals surface area contributed by atoms with E-state index in [1.165, 1.54) is 0 Å². The van der Waals surface area contributed by atoms with E-state index in [0.717, 1.165) is 5.56 Å². The van der Waals surface area contributed by atoms with Crippen LogP contribution in [-0.4, -0.2) is 27.1 Å². The minimum absolute atomic E-state index is 0.173. The predicted octanol–water partition coefficient (Wildman–Crippen LogP) is 2.38. The molecule has 0 spiro atoms. The number of aromatic amines is 1. The largest absolute Gasteiger partial charge is 0.477 e. The number of benzene rings is 1. The summed E-state index contributed by atoms with van der Waals surface area (Å²) >= 11 is 0. The topological polar surface area (TPSA) is 107 Å². The number of aromatic nitrogens is 1. The summed E-state index contributed by atoms with van der Waals surface area (Å²) in [4.78, 5) is 37.8. The van der Waals surface area contributed by atoms with Crippen molar-refractivity contribution >= 4 is 22.8 Å². The molecule has 0 aliphatic heterocycles. The molecule has 3 N–H and O–H groups in total. The Balaban J connectivity index is 3.01. The van der Waals surface area contributed by atoms with Crippen LogP contribution in [-0.2, 0) is 12.8 Å². The van der Waals surface area contributed by atoms with Gasteiger partial charge in [0.1, 0.15) is 11.3 Å². The summed E-state index contributed by atoms with van der Waals surface area (Å²) in [6.07, 6.45) is 4.13. The maximum Gasteiger partial charge on any atom is 0.353 e. The predicted molar refractivity (Wildman–Crippen MR) is 86.3 cm³/mol. The van der Waals surface area contributed by atoms with Crippen molar-refractivity contribution < 1.29 is 19.8 Å². The zero-order chi connectivity index (χ0) is 17.1. The van der Waals surface area contributed by atoms with Gasteiger partial charge in [0.2, 0.25) is 5.43 Å². The van der Waals surface area contributed by atoms with Crippen molar-refractivity contribution in [2.45, 2.75) is 12.8 Å². The monoisotopic (exact) mass is 313 g/mol. The lowest BCUT2D eigenvalue weighted by molar-refractivity contribution is 0.0646. The van der Waals surface area contributed by atoms with Gasteiger partial charge in [-0.2, -0.15) is 0 Å². The lowest BCUT2D eigenvalue weighted by atomic mass is 9.95. The molecule has 118 valence electrons. The molecule has 0 saturated heterocycles. The average Bonchev–Trinajstić information content (AvgIpc) is 2.48. The molecule has 0 bridgehead atoms. The quantitative estimate of drug-likeness (QED) is 0.710. The number of carboxylic acid groups (broad SMARTS) is 2. The summed E-state index contributed by atoms with van der Waals surface area (Å²) in [7, 11) is 0. The number of hydrogen-bond donors (Lipinski definition) is 3. The van der Waals surface area contributed by atoms with Crippen molar-refractivity contribution in [1.29, 1.82) is 0 Å². The number of hydrogen-bond acceptors (Lipinski definition) is 3. The van der Waals surface area contributed by atoms with Crippen molar-refractivity contribution in [2.24, 2.45) is 0 Å². The fraction of sp³-hybridized carbons (Fsp3) is 0.118. The normalized spacial score (nSPS) is 10.4. The Bertz CT molecular complexity index is 892. The van der Waals surface area contributed by atoms with Gasteiger partial charge in [0.05, 0.1) is 10.9 Å². The van der Waals surface area contributed by atoms with Crippen LogP contribution < -0.4 is 5.43 Å². The molecule has 0 saturated carbocycles. The molecule has 0 unspecified atom stereocenters. The molecule has 0 radical (unpaired) electrons. The second-order valence-corrected chi connectivity index (χ2v) is 4.93. The molecule has 0 aliphatic carbocycles. The van der Waals surface area contributed by atoms with E-state index < -0.39 is 28.6 Å². The number of carbonyl (C=O) groups is 2. The second kappa shape index (κ2) is 6.31. The minimum Gasteiger partial charge on any atom is -0.477 e. The molecule has 0 amide bonds. The van der Waals surface area contributed by atoms with Gasteiger partial charge in [0, 0.05) is 0 Å². The van der Waals surface area contributed by atoms with Crippen LogP contribution in [0.4, 0.5) is 0 Å². The van der Waals surface area contributed by atoms with Gasteiger partial charge in [-0.05, 0) is 30.0 Å². The van der Waals surface area contributed by atoms with Crippen LogP contribution in [0, 0.1) is 0 Å². The van der Waals surface area contributed by atoms with Gasteiger partial charge in [-0.3, -0.25) is 4.79 Å². The highest BCUT2D eigenvalue weighted by Gasteiger charge is 2.24. The number of allylic oxidation sites excluding steroid dienone is 2. The first-order valence-corrected chi connectivity index (χ1v) is 6.81. The van der Waals surface area contributed by atoms with Crippen LogP contribution in [0.2, 0.25) is 0 Å². The molecule has 1 aromatic heterocycles. The maximum absolute atomic E-state index is 12.6. The van der Waals surface area contributed by atoms with Crippen molar-refractivity contribution in [2.75, 3.05) is 0 Å². The van der Waals surface area contributed by atoms with Gasteiger partial charge in [0.15, 0.2) is 0 Å². The van der Waals surface area contributed by atoms with Crippen LogP contribution in [0.5, 0.6) is 0 Å². The molecule has 2 aromatic rings. The van der Waals surface area contributed by atoms with E-state index in [9.17, 15) is 19.5 Å². The Morgan fingerprint density at radius 3 is 2.26 bits per heavy atom. The molecule has 0 aliphatic rings. The van der Waals surface area contributed by atoms with Crippen LogP contribution in [0.1, 0.15) is 32.0 Å². The van der Waals surface area contributed by atoms with Gasteiger partial charge >= 0.3 is 11.9 Å². The SMILES string of the molecule is C=CCc1ccc2[nH]c(C(=O)O)c(C(=O)O)c(=O)c2c1CC=C. The summed E-state index contributed by atoms with van der Waals surface area (Å²) in [5.41, 5.74) is -0.494. The number of carboxylic acids is 2. The van der Waals surface area contributed by atoms with Crippen molar-refractivity contribution in [3.8, 4) is 0 Å². The summed E-state index contributed by atoms with van der Waals surface area (Å²) in [6, 6.07) is 3.32. The third-order valence-electron chi connectivity index (χ3n) is 3.51. The van der Waals surface area contributed by atoms with Crippen LogP contribution in [0.15, 0.2) is 42.2 Å². The summed E-state index contributed by atoms with van der Waals surface area (Å²) < 4.78 is 0. The number of nitrogens with one attached hydrogen (secondary N) is 1. The minimum atomic E-state index is -1.58.